The van der Waals surface area contributed by atoms with Crippen LogP contribution in [0.5, 0.6) is 0 Å². The molecule has 2 aromatic carbocycles. The quantitative estimate of drug-likeness (QED) is 0.687. The Morgan fingerprint density at radius 1 is 1.14 bits per heavy atom. The number of nitrogens with one attached hydrogen (secondary N) is 1. The SMILES string of the molecule is O=C(CCN(Cc1cccc2ccccc12)C1CC1)NCCN1C(=O)CSC1=O. The van der Waals surface area contributed by atoms with Crippen LogP contribution in [0.25, 0.3) is 10.8 Å². The maximum atomic E-state index is 12.3. The fourth-order valence-electron chi connectivity index (χ4n) is 3.72. The van der Waals surface area contributed by atoms with Crippen LogP contribution in [0.2, 0.25) is 0 Å². The number of fused-ring (bicyclic) bond motifs is 1. The summed E-state index contributed by atoms with van der Waals surface area (Å²) in [6, 6.07) is 15.3. The first-order valence-corrected chi connectivity index (χ1v) is 11.0. The van der Waals surface area contributed by atoms with Crippen LogP contribution in [0.15, 0.2) is 42.5 Å². The summed E-state index contributed by atoms with van der Waals surface area (Å²) in [5.74, 6) is -0.0123. The fraction of sp³-hybridized carbons (Fsp3) is 0.409. The topological polar surface area (TPSA) is 69.7 Å². The summed E-state index contributed by atoms with van der Waals surface area (Å²) in [7, 11) is 0. The molecule has 0 atom stereocenters. The van der Waals surface area contributed by atoms with Crippen LogP contribution >= 0.6 is 11.8 Å². The lowest BCUT2D eigenvalue weighted by Crippen LogP contribution is -2.38. The first-order chi connectivity index (χ1) is 14.1. The Kier molecular flexibility index (Phi) is 6.16. The smallest absolute Gasteiger partial charge is 0.288 e. The van der Waals surface area contributed by atoms with Gasteiger partial charge in [-0.1, -0.05) is 54.2 Å². The lowest BCUT2D eigenvalue weighted by atomic mass is 10.0. The van der Waals surface area contributed by atoms with E-state index in [4.69, 9.17) is 0 Å². The summed E-state index contributed by atoms with van der Waals surface area (Å²) in [5, 5.41) is 5.12. The van der Waals surface area contributed by atoms with E-state index in [2.05, 4.69) is 52.7 Å². The molecule has 2 aliphatic rings. The molecule has 1 saturated heterocycles. The Labute approximate surface area is 174 Å². The molecule has 2 fully saturated rings. The molecule has 1 aliphatic carbocycles. The summed E-state index contributed by atoms with van der Waals surface area (Å²) in [6.45, 7) is 2.10. The van der Waals surface area contributed by atoms with Crippen LogP contribution in [-0.4, -0.2) is 58.3 Å². The zero-order valence-corrected chi connectivity index (χ0v) is 17.1. The van der Waals surface area contributed by atoms with Crippen molar-refractivity contribution in [1.29, 1.82) is 0 Å². The van der Waals surface area contributed by atoms with Gasteiger partial charge in [0.15, 0.2) is 0 Å². The molecule has 1 heterocycles. The van der Waals surface area contributed by atoms with Crippen LogP contribution in [0.3, 0.4) is 0 Å². The summed E-state index contributed by atoms with van der Waals surface area (Å²) in [5.41, 5.74) is 1.29. The molecule has 1 saturated carbocycles. The summed E-state index contributed by atoms with van der Waals surface area (Å²) < 4.78 is 0. The lowest BCUT2D eigenvalue weighted by Gasteiger charge is -2.23. The van der Waals surface area contributed by atoms with Gasteiger partial charge in [0.1, 0.15) is 0 Å². The number of hydrogen-bond acceptors (Lipinski definition) is 5. The summed E-state index contributed by atoms with van der Waals surface area (Å²) >= 11 is 1.02. The second-order valence-corrected chi connectivity index (χ2v) is 8.47. The molecule has 0 unspecified atom stereocenters. The zero-order valence-electron chi connectivity index (χ0n) is 16.3. The molecule has 29 heavy (non-hydrogen) atoms. The van der Waals surface area contributed by atoms with Crippen LogP contribution in [0, 0.1) is 0 Å². The minimum absolute atomic E-state index is 0.0414. The Bertz CT molecular complexity index is 907. The summed E-state index contributed by atoms with van der Waals surface area (Å²) in [4.78, 5) is 39.0. The molecular weight excluding hydrogens is 386 g/mol. The normalized spacial score (nSPS) is 16.8. The third kappa shape index (κ3) is 4.97. The Morgan fingerprint density at radius 2 is 1.93 bits per heavy atom. The maximum Gasteiger partial charge on any atom is 0.288 e. The van der Waals surface area contributed by atoms with E-state index in [1.165, 1.54) is 34.1 Å². The molecule has 1 aliphatic heterocycles. The van der Waals surface area contributed by atoms with Crippen molar-refractivity contribution in [3.05, 3.63) is 48.0 Å². The van der Waals surface area contributed by atoms with Gasteiger partial charge in [0, 0.05) is 38.6 Å². The minimum Gasteiger partial charge on any atom is -0.354 e. The van der Waals surface area contributed by atoms with E-state index in [-0.39, 0.29) is 29.4 Å². The van der Waals surface area contributed by atoms with Gasteiger partial charge < -0.3 is 5.32 Å². The van der Waals surface area contributed by atoms with Gasteiger partial charge in [-0.05, 0) is 29.2 Å². The number of carbonyl (C=O) groups excluding carboxylic acids is 3. The molecule has 0 radical (unpaired) electrons. The van der Waals surface area contributed by atoms with Gasteiger partial charge in [-0.15, -0.1) is 0 Å². The highest BCUT2D eigenvalue weighted by Gasteiger charge is 2.30. The predicted molar refractivity (Wildman–Crippen MR) is 115 cm³/mol. The Balaban J connectivity index is 1.28. The van der Waals surface area contributed by atoms with Crippen molar-refractivity contribution in [1.82, 2.24) is 15.1 Å². The van der Waals surface area contributed by atoms with E-state index in [0.717, 1.165) is 18.3 Å². The second-order valence-electron chi connectivity index (χ2n) is 7.54. The molecule has 2 aromatic rings. The molecule has 1 N–H and O–H groups in total. The average Bonchev–Trinajstić information content (AvgIpc) is 3.52. The summed E-state index contributed by atoms with van der Waals surface area (Å²) in [6.07, 6.45) is 2.78. The van der Waals surface area contributed by atoms with Crippen molar-refractivity contribution in [3.63, 3.8) is 0 Å². The van der Waals surface area contributed by atoms with E-state index in [0.29, 0.717) is 25.6 Å². The average molecular weight is 412 g/mol. The van der Waals surface area contributed by atoms with E-state index in [1.807, 2.05) is 0 Å². The van der Waals surface area contributed by atoms with Crippen molar-refractivity contribution in [2.75, 3.05) is 25.4 Å². The number of nitrogens with zero attached hydrogens (tertiary/aromatic N) is 2. The third-order valence-electron chi connectivity index (χ3n) is 5.44. The highest BCUT2D eigenvalue weighted by atomic mass is 32.2. The van der Waals surface area contributed by atoms with E-state index >= 15 is 0 Å². The van der Waals surface area contributed by atoms with Crippen molar-refractivity contribution in [2.24, 2.45) is 0 Å². The number of benzene rings is 2. The highest BCUT2D eigenvalue weighted by Crippen LogP contribution is 2.30. The first kappa shape index (κ1) is 19.9. The number of hydrogen-bond donors (Lipinski definition) is 1. The predicted octanol–water partition coefficient (Wildman–Crippen LogP) is 3.01. The molecule has 4 rings (SSSR count). The zero-order chi connectivity index (χ0) is 20.2. The van der Waals surface area contributed by atoms with Crippen molar-refractivity contribution in [3.8, 4) is 0 Å². The van der Waals surface area contributed by atoms with Crippen molar-refractivity contribution in [2.45, 2.75) is 31.8 Å². The number of carbonyl (C=O) groups is 3. The Hall–Kier alpha value is -2.38. The molecule has 7 heteroatoms. The number of thioether (sulfide) groups is 1. The molecule has 0 spiro atoms. The molecular formula is C22H25N3O3S. The molecule has 0 bridgehead atoms. The van der Waals surface area contributed by atoms with Crippen LogP contribution in [0.4, 0.5) is 4.79 Å². The molecule has 0 aromatic heterocycles. The van der Waals surface area contributed by atoms with Crippen LogP contribution < -0.4 is 5.32 Å². The second kappa shape index (κ2) is 8.97. The van der Waals surface area contributed by atoms with Gasteiger partial charge in [0.2, 0.25) is 11.8 Å². The highest BCUT2D eigenvalue weighted by molar-refractivity contribution is 8.14. The van der Waals surface area contributed by atoms with Crippen LogP contribution in [0.1, 0.15) is 24.8 Å². The minimum atomic E-state index is -0.223. The third-order valence-corrected chi connectivity index (χ3v) is 6.30. The van der Waals surface area contributed by atoms with Gasteiger partial charge in [0.25, 0.3) is 5.24 Å². The number of amides is 3. The standard InChI is InChI=1S/C22H25N3O3S/c26-20(23-11-13-25-21(27)15-29-22(25)28)10-12-24(18-8-9-18)14-17-6-3-5-16-4-1-2-7-19(16)17/h1-7,18H,8-15H2,(H,23,26). The molecule has 6 nitrogen and oxygen atoms in total. The largest absolute Gasteiger partial charge is 0.354 e. The van der Waals surface area contributed by atoms with Gasteiger partial charge >= 0.3 is 0 Å². The van der Waals surface area contributed by atoms with E-state index in [1.54, 1.807) is 0 Å². The van der Waals surface area contributed by atoms with Gasteiger partial charge in [0.05, 0.1) is 5.75 Å². The number of rotatable bonds is 9. The van der Waals surface area contributed by atoms with E-state index in [9.17, 15) is 14.4 Å². The van der Waals surface area contributed by atoms with Crippen molar-refractivity contribution >= 4 is 39.6 Å². The van der Waals surface area contributed by atoms with Crippen LogP contribution in [-0.2, 0) is 16.1 Å². The molecule has 3 amide bonds. The lowest BCUT2D eigenvalue weighted by molar-refractivity contribution is -0.125. The monoisotopic (exact) mass is 411 g/mol. The van der Waals surface area contributed by atoms with Gasteiger partial charge in [-0.2, -0.15) is 0 Å². The van der Waals surface area contributed by atoms with Crippen molar-refractivity contribution < 1.29 is 14.4 Å². The van der Waals surface area contributed by atoms with Gasteiger partial charge in [-0.3, -0.25) is 24.2 Å². The molecule has 152 valence electrons. The Morgan fingerprint density at radius 3 is 2.69 bits per heavy atom. The fourth-order valence-corrected chi connectivity index (χ4v) is 4.47. The van der Waals surface area contributed by atoms with Gasteiger partial charge in [-0.25, -0.2) is 0 Å². The number of imide groups is 1. The maximum absolute atomic E-state index is 12.3. The van der Waals surface area contributed by atoms with E-state index < -0.39 is 0 Å². The first-order valence-electron chi connectivity index (χ1n) is 10.1.